The molecule has 176 valence electrons. The van der Waals surface area contributed by atoms with Crippen LogP contribution < -0.4 is 14.2 Å². The molecule has 1 aliphatic rings. The topological polar surface area (TPSA) is 85.3 Å². The molecule has 7 nitrogen and oxygen atoms in total. The second kappa shape index (κ2) is 9.61. The molecular formula is C26H25NO6S. The normalized spacial score (nSPS) is 17.2. The number of aliphatic hydroxyl groups excluding tert-OH is 1. The van der Waals surface area contributed by atoms with Crippen molar-refractivity contribution >= 4 is 28.8 Å². The van der Waals surface area contributed by atoms with E-state index in [1.54, 1.807) is 24.3 Å². The van der Waals surface area contributed by atoms with Crippen LogP contribution in [0.5, 0.6) is 17.2 Å². The summed E-state index contributed by atoms with van der Waals surface area (Å²) in [5.74, 6) is -0.495. The van der Waals surface area contributed by atoms with Crippen molar-refractivity contribution in [3.8, 4) is 17.2 Å². The average molecular weight is 480 g/mol. The molecule has 0 aliphatic carbocycles. The van der Waals surface area contributed by atoms with Gasteiger partial charge in [0.2, 0.25) is 5.75 Å². The first-order valence-corrected chi connectivity index (χ1v) is 11.4. The van der Waals surface area contributed by atoms with Gasteiger partial charge in [-0.3, -0.25) is 9.59 Å². The van der Waals surface area contributed by atoms with Crippen LogP contribution >= 0.6 is 11.3 Å². The van der Waals surface area contributed by atoms with Gasteiger partial charge in [0.25, 0.3) is 11.7 Å². The molecule has 1 fully saturated rings. The van der Waals surface area contributed by atoms with Crippen LogP contribution in [0.15, 0.2) is 59.5 Å². The van der Waals surface area contributed by atoms with Gasteiger partial charge >= 0.3 is 0 Å². The molecule has 1 aliphatic heterocycles. The minimum atomic E-state index is -0.850. The first-order valence-electron chi connectivity index (χ1n) is 10.6. The van der Waals surface area contributed by atoms with E-state index in [4.69, 9.17) is 14.2 Å². The zero-order valence-corrected chi connectivity index (χ0v) is 20.1. The molecule has 34 heavy (non-hydrogen) atoms. The van der Waals surface area contributed by atoms with Crippen LogP contribution in [0, 0.1) is 6.92 Å². The molecule has 1 unspecified atom stereocenters. The number of aliphatic hydroxyl groups is 1. The van der Waals surface area contributed by atoms with Gasteiger partial charge < -0.3 is 24.2 Å². The summed E-state index contributed by atoms with van der Waals surface area (Å²) < 4.78 is 16.4. The first-order chi connectivity index (χ1) is 16.4. The third-order valence-corrected chi connectivity index (χ3v) is 6.64. The number of nitrogens with zero attached hydrogens (tertiary/aromatic N) is 1. The second-order valence-electron chi connectivity index (χ2n) is 7.83. The maximum atomic E-state index is 13.2. The number of benzene rings is 2. The van der Waals surface area contributed by atoms with Crippen LogP contribution in [0.3, 0.4) is 0 Å². The van der Waals surface area contributed by atoms with Gasteiger partial charge in [0.1, 0.15) is 5.76 Å². The molecule has 4 rings (SSSR count). The fourth-order valence-corrected chi connectivity index (χ4v) is 4.79. The Bertz CT molecular complexity index is 1220. The van der Waals surface area contributed by atoms with Gasteiger partial charge in [-0.25, -0.2) is 0 Å². The van der Waals surface area contributed by atoms with Crippen molar-refractivity contribution in [2.45, 2.75) is 19.5 Å². The van der Waals surface area contributed by atoms with Gasteiger partial charge in [-0.2, -0.15) is 0 Å². The quantitative estimate of drug-likeness (QED) is 0.300. The number of ether oxygens (including phenoxy) is 3. The number of likely N-dealkylation sites (tertiary alicyclic amines) is 1. The van der Waals surface area contributed by atoms with Gasteiger partial charge in [-0.05, 0) is 36.1 Å². The largest absolute Gasteiger partial charge is 0.507 e. The lowest BCUT2D eigenvalue weighted by Crippen LogP contribution is -2.29. The third-order valence-electron chi connectivity index (χ3n) is 5.77. The summed E-state index contributed by atoms with van der Waals surface area (Å²) in [6, 6.07) is 13.5. The minimum Gasteiger partial charge on any atom is -0.507 e. The lowest BCUT2D eigenvalue weighted by Gasteiger charge is -2.26. The van der Waals surface area contributed by atoms with Crippen molar-refractivity contribution in [2.24, 2.45) is 0 Å². The summed E-state index contributed by atoms with van der Waals surface area (Å²) in [6.07, 6.45) is 0. The number of methoxy groups -OCH3 is 3. The zero-order valence-electron chi connectivity index (χ0n) is 19.3. The molecule has 0 bridgehead atoms. The number of aryl methyl sites for hydroxylation is 1. The highest BCUT2D eigenvalue weighted by molar-refractivity contribution is 7.09. The molecule has 1 atom stereocenters. The van der Waals surface area contributed by atoms with Gasteiger partial charge in [-0.15, -0.1) is 11.3 Å². The smallest absolute Gasteiger partial charge is 0.295 e. The summed E-state index contributed by atoms with van der Waals surface area (Å²) >= 11 is 1.49. The van der Waals surface area contributed by atoms with E-state index in [1.165, 1.54) is 37.6 Å². The van der Waals surface area contributed by atoms with Crippen LogP contribution in [0.4, 0.5) is 0 Å². The Kier molecular flexibility index (Phi) is 6.61. The molecular weight excluding hydrogens is 454 g/mol. The highest BCUT2D eigenvalue weighted by atomic mass is 32.1. The number of carbonyl (C=O) groups excluding carboxylic acids is 2. The van der Waals surface area contributed by atoms with Crippen LogP contribution in [0.1, 0.15) is 27.6 Å². The molecule has 1 saturated heterocycles. The lowest BCUT2D eigenvalue weighted by atomic mass is 9.94. The molecule has 2 aromatic carbocycles. The molecule has 1 aromatic heterocycles. The van der Waals surface area contributed by atoms with Crippen molar-refractivity contribution < 1.29 is 28.9 Å². The minimum absolute atomic E-state index is 0.0136. The predicted octanol–water partition coefficient (Wildman–Crippen LogP) is 4.70. The monoisotopic (exact) mass is 479 g/mol. The molecule has 1 amide bonds. The van der Waals surface area contributed by atoms with Crippen LogP contribution in [-0.2, 0) is 16.1 Å². The summed E-state index contributed by atoms with van der Waals surface area (Å²) in [5.41, 5.74) is 2.03. The summed E-state index contributed by atoms with van der Waals surface area (Å²) in [6.45, 7) is 2.15. The SMILES string of the molecule is COc1cc(C2/C(=C(\O)c3ccc(C)cc3)C(=O)C(=O)N2Cc2cccs2)cc(OC)c1OC. The van der Waals surface area contributed by atoms with Crippen LogP contribution in [0.2, 0.25) is 0 Å². The lowest BCUT2D eigenvalue weighted by molar-refractivity contribution is -0.140. The van der Waals surface area contributed by atoms with Gasteiger partial charge in [0.05, 0.1) is 39.5 Å². The Morgan fingerprint density at radius 2 is 1.65 bits per heavy atom. The zero-order chi connectivity index (χ0) is 24.4. The van der Waals surface area contributed by atoms with E-state index in [0.29, 0.717) is 28.4 Å². The highest BCUT2D eigenvalue weighted by Crippen LogP contribution is 2.46. The third kappa shape index (κ3) is 4.12. The Labute approximate surface area is 201 Å². The molecule has 8 heteroatoms. The molecule has 0 saturated carbocycles. The molecule has 3 aromatic rings. The van der Waals surface area contributed by atoms with Crippen LogP contribution in [-0.4, -0.2) is 43.0 Å². The van der Waals surface area contributed by atoms with E-state index in [9.17, 15) is 14.7 Å². The van der Waals surface area contributed by atoms with E-state index in [0.717, 1.165) is 10.4 Å². The number of Topliss-reactive ketones (excluding diaryl/α,β-unsaturated/α-hetero) is 1. The van der Waals surface area contributed by atoms with Gasteiger partial charge in [0.15, 0.2) is 11.5 Å². The van der Waals surface area contributed by atoms with Crippen molar-refractivity contribution in [2.75, 3.05) is 21.3 Å². The van der Waals surface area contributed by atoms with E-state index < -0.39 is 17.7 Å². The Morgan fingerprint density at radius 3 is 2.18 bits per heavy atom. The maximum Gasteiger partial charge on any atom is 0.295 e. The molecule has 2 heterocycles. The second-order valence-corrected chi connectivity index (χ2v) is 8.86. The standard InChI is InChI=1S/C26H25NO6S/c1-15-7-9-16(10-8-15)23(28)21-22(17-12-19(31-2)25(33-4)20(13-17)32-3)27(26(30)24(21)29)14-18-6-5-11-34-18/h5-13,22,28H,14H2,1-4H3/b23-21+. The Hall–Kier alpha value is -3.78. The Balaban J connectivity index is 1.94. The van der Waals surface area contributed by atoms with Crippen molar-refractivity contribution in [3.05, 3.63) is 81.1 Å². The van der Waals surface area contributed by atoms with E-state index >= 15 is 0 Å². The van der Waals surface area contributed by atoms with Crippen molar-refractivity contribution in [3.63, 3.8) is 0 Å². The molecule has 0 radical (unpaired) electrons. The fraction of sp³-hybridized carbons (Fsp3) is 0.231. The summed E-state index contributed by atoms with van der Waals surface area (Å²) in [4.78, 5) is 28.8. The predicted molar refractivity (Wildman–Crippen MR) is 129 cm³/mol. The number of ketones is 1. The number of hydrogen-bond acceptors (Lipinski definition) is 7. The maximum absolute atomic E-state index is 13.2. The van der Waals surface area contributed by atoms with E-state index in [-0.39, 0.29) is 17.9 Å². The summed E-state index contributed by atoms with van der Waals surface area (Å²) in [7, 11) is 4.49. The molecule has 0 spiro atoms. The van der Waals surface area contributed by atoms with E-state index in [2.05, 4.69) is 0 Å². The highest BCUT2D eigenvalue weighted by Gasteiger charge is 2.46. The number of rotatable bonds is 7. The van der Waals surface area contributed by atoms with E-state index in [1.807, 2.05) is 36.6 Å². The fourth-order valence-electron chi connectivity index (χ4n) is 4.09. The van der Waals surface area contributed by atoms with Crippen molar-refractivity contribution in [1.82, 2.24) is 4.90 Å². The first kappa shape index (κ1) is 23.4. The number of carbonyl (C=O) groups is 2. The van der Waals surface area contributed by atoms with Gasteiger partial charge in [0, 0.05) is 10.4 Å². The van der Waals surface area contributed by atoms with Gasteiger partial charge in [-0.1, -0.05) is 35.9 Å². The number of hydrogen-bond donors (Lipinski definition) is 1. The molecule has 1 N–H and O–H groups in total. The summed E-state index contributed by atoms with van der Waals surface area (Å²) in [5, 5.41) is 13.1. The van der Waals surface area contributed by atoms with Crippen molar-refractivity contribution in [1.29, 1.82) is 0 Å². The average Bonchev–Trinajstić information content (AvgIpc) is 3.45. The van der Waals surface area contributed by atoms with Crippen LogP contribution in [0.25, 0.3) is 5.76 Å². The number of amides is 1. The Morgan fingerprint density at radius 1 is 1.00 bits per heavy atom. The number of thiophene rings is 1.